The van der Waals surface area contributed by atoms with Crippen molar-refractivity contribution in [3.63, 3.8) is 0 Å². The summed E-state index contributed by atoms with van der Waals surface area (Å²) in [5.74, 6) is -1.64. The van der Waals surface area contributed by atoms with Gasteiger partial charge in [0.05, 0.1) is 47.4 Å². The Kier molecular flexibility index (Phi) is 8.98. The van der Waals surface area contributed by atoms with Crippen LogP contribution in [0.4, 0.5) is 14.5 Å². The number of hydrogen-bond donors (Lipinski definition) is 0. The molecule has 1 saturated carbocycles. The highest BCUT2D eigenvalue weighted by atomic mass is 35.5. The number of hydrogen-bond acceptors (Lipinski definition) is 9. The molecule has 0 spiro atoms. The van der Waals surface area contributed by atoms with Crippen LogP contribution in [0.2, 0.25) is 5.02 Å². The second kappa shape index (κ2) is 13.2. The summed E-state index contributed by atoms with van der Waals surface area (Å²) >= 11 is 5.96. The number of rotatable bonds is 9. The number of nitriles is 1. The number of pyridine rings is 1. The van der Waals surface area contributed by atoms with E-state index in [1.165, 1.54) is 12.4 Å². The fourth-order valence-electron chi connectivity index (χ4n) is 7.37. The van der Waals surface area contributed by atoms with Crippen LogP contribution in [0.25, 0.3) is 22.2 Å². The number of piperidine rings is 1. The predicted molar refractivity (Wildman–Crippen MR) is 179 cm³/mol. The Bertz CT molecular complexity index is 1920. The van der Waals surface area contributed by atoms with Gasteiger partial charge in [0, 0.05) is 68.3 Å². The molecule has 2 unspecified atom stereocenters. The summed E-state index contributed by atoms with van der Waals surface area (Å²) in [4.78, 5) is 30.3. The fourth-order valence-corrected chi connectivity index (χ4v) is 7.46. The van der Waals surface area contributed by atoms with Crippen molar-refractivity contribution in [1.82, 2.24) is 29.6 Å². The number of alkyl halides is 2. The molecule has 49 heavy (non-hydrogen) atoms. The van der Waals surface area contributed by atoms with Crippen LogP contribution >= 0.6 is 11.6 Å². The van der Waals surface area contributed by atoms with E-state index < -0.39 is 5.92 Å². The molecule has 3 aliphatic rings. The molecular weight excluding hydrogens is 654 g/mol. The first kappa shape index (κ1) is 33.3. The molecule has 5 heterocycles. The van der Waals surface area contributed by atoms with Gasteiger partial charge in [0.2, 0.25) is 0 Å². The summed E-state index contributed by atoms with van der Waals surface area (Å²) in [7, 11) is 1.65. The van der Waals surface area contributed by atoms with E-state index in [2.05, 4.69) is 34.8 Å². The number of halogens is 3. The van der Waals surface area contributed by atoms with E-state index >= 15 is 0 Å². The third-order valence-corrected chi connectivity index (χ3v) is 9.90. The first-order valence-corrected chi connectivity index (χ1v) is 16.9. The molecule has 1 aromatic carbocycles. The van der Waals surface area contributed by atoms with Gasteiger partial charge < -0.3 is 9.47 Å². The lowest BCUT2D eigenvalue weighted by atomic mass is 9.83. The molecule has 0 bridgehead atoms. The van der Waals surface area contributed by atoms with Gasteiger partial charge in [-0.3, -0.25) is 14.6 Å². The number of fused-ring (bicyclic) bond motifs is 2. The minimum atomic E-state index is -2.58. The van der Waals surface area contributed by atoms with Gasteiger partial charge in [-0.1, -0.05) is 31.5 Å². The molecule has 7 rings (SSSR count). The zero-order valence-corrected chi connectivity index (χ0v) is 28.3. The number of ether oxygens (including phenoxy) is 2. The zero-order valence-electron chi connectivity index (χ0n) is 27.6. The lowest BCUT2D eigenvalue weighted by Crippen LogP contribution is -2.55. The second-order valence-corrected chi connectivity index (χ2v) is 14.0. The van der Waals surface area contributed by atoms with Crippen molar-refractivity contribution >= 4 is 34.2 Å². The summed E-state index contributed by atoms with van der Waals surface area (Å²) in [6, 6.07) is 7.77. The molecule has 14 heteroatoms. The number of likely N-dealkylation sites (tertiary alicyclic amines) is 1. The maximum Gasteiger partial charge on any atom is 0.265 e. The quantitative estimate of drug-likeness (QED) is 0.213. The number of anilines is 1. The molecule has 0 radical (unpaired) electrons. The average molecular weight is 691 g/mol. The number of nitrogens with zero attached hydrogens (tertiary/aromatic N) is 8. The third kappa shape index (κ3) is 6.45. The number of amides is 1. The number of benzene rings is 1. The summed E-state index contributed by atoms with van der Waals surface area (Å²) in [5.41, 5.74) is 3.80. The van der Waals surface area contributed by atoms with Crippen molar-refractivity contribution in [2.24, 2.45) is 11.8 Å². The Morgan fingerprint density at radius 1 is 1.20 bits per heavy atom. The molecule has 0 N–H and O–H groups in total. The van der Waals surface area contributed by atoms with Crippen LogP contribution in [-0.4, -0.2) is 80.9 Å². The van der Waals surface area contributed by atoms with E-state index in [4.69, 9.17) is 31.2 Å². The molecule has 1 amide bonds. The first-order valence-electron chi connectivity index (χ1n) is 16.5. The molecule has 1 aliphatic carbocycles. The Balaban J connectivity index is 1.28. The Morgan fingerprint density at radius 3 is 2.67 bits per heavy atom. The molecule has 256 valence electrons. The van der Waals surface area contributed by atoms with Crippen LogP contribution in [0, 0.1) is 23.2 Å². The Labute approximate surface area is 287 Å². The maximum atomic E-state index is 13.7. The summed E-state index contributed by atoms with van der Waals surface area (Å²) in [6.07, 6.45) is 5.81. The number of aromatic nitrogens is 5. The van der Waals surface area contributed by atoms with E-state index in [0.717, 1.165) is 10.9 Å². The van der Waals surface area contributed by atoms with Crippen LogP contribution in [-0.2, 0) is 22.5 Å². The molecule has 2 fully saturated rings. The zero-order chi connectivity index (χ0) is 34.4. The van der Waals surface area contributed by atoms with Gasteiger partial charge in [-0.15, -0.1) is 0 Å². The lowest BCUT2D eigenvalue weighted by molar-refractivity contribution is -0.134. The van der Waals surface area contributed by atoms with Crippen molar-refractivity contribution in [2.45, 2.75) is 64.1 Å². The first-order chi connectivity index (χ1) is 23.5. The minimum Gasteiger partial charge on any atom is -0.482 e. The molecule has 3 aromatic heterocycles. The van der Waals surface area contributed by atoms with E-state index in [0.29, 0.717) is 77.3 Å². The van der Waals surface area contributed by atoms with Gasteiger partial charge in [0.1, 0.15) is 17.6 Å². The standard InChI is InChI=1S/C35H37ClF2N8O3/c1-20(2)8-27-25(12-39)33(21-4-5-29-30(9-21)49-19-32(47)45(29)17-31-40-13-23(36)14-41-31)26-15-42-46(34(26)43-27)28-6-7-44(16-22(28)18-48-3)24-10-35(37,38)11-24/h4-5,9,13-15,20,22,24,28H,6-8,10-11,16-19H2,1-3H3. The van der Waals surface area contributed by atoms with Gasteiger partial charge in [-0.25, -0.2) is 28.4 Å². The van der Waals surface area contributed by atoms with Crippen molar-refractivity contribution in [1.29, 1.82) is 5.26 Å². The van der Waals surface area contributed by atoms with Gasteiger partial charge in [0.25, 0.3) is 11.8 Å². The molecule has 4 aromatic rings. The maximum absolute atomic E-state index is 13.7. The third-order valence-electron chi connectivity index (χ3n) is 9.70. The SMILES string of the molecule is COCC1CN(C2CC(F)(F)C2)CCC1n1ncc2c(-c3ccc4c(c3)OCC(=O)N4Cc3ncc(Cl)cn3)c(C#N)c(CC(C)C)nc21. The molecule has 11 nitrogen and oxygen atoms in total. The van der Waals surface area contributed by atoms with E-state index in [-0.39, 0.29) is 55.8 Å². The smallest absolute Gasteiger partial charge is 0.265 e. The van der Waals surface area contributed by atoms with Crippen LogP contribution < -0.4 is 9.64 Å². The Morgan fingerprint density at radius 2 is 1.98 bits per heavy atom. The van der Waals surface area contributed by atoms with E-state index in [1.54, 1.807) is 18.2 Å². The van der Waals surface area contributed by atoms with Gasteiger partial charge in [-0.2, -0.15) is 10.4 Å². The predicted octanol–water partition coefficient (Wildman–Crippen LogP) is 5.84. The highest BCUT2D eigenvalue weighted by Crippen LogP contribution is 2.44. The minimum absolute atomic E-state index is 0.01000. The van der Waals surface area contributed by atoms with Gasteiger partial charge in [0.15, 0.2) is 12.3 Å². The van der Waals surface area contributed by atoms with Crippen LogP contribution in [0.3, 0.4) is 0 Å². The second-order valence-electron chi connectivity index (χ2n) is 13.6. The van der Waals surface area contributed by atoms with Crippen molar-refractivity contribution in [2.75, 3.05) is 38.3 Å². The highest BCUT2D eigenvalue weighted by Gasteiger charge is 2.49. The van der Waals surface area contributed by atoms with Crippen molar-refractivity contribution in [3.05, 3.63) is 58.9 Å². The number of methoxy groups -OCH3 is 1. The highest BCUT2D eigenvalue weighted by molar-refractivity contribution is 6.30. The van der Waals surface area contributed by atoms with Crippen molar-refractivity contribution < 1.29 is 23.0 Å². The number of carbonyl (C=O) groups is 1. The molecule has 2 atom stereocenters. The fraction of sp³-hybridized carbons (Fsp3) is 0.486. The van der Waals surface area contributed by atoms with Gasteiger partial charge in [-0.05, 0) is 36.5 Å². The molecular formula is C35H37ClF2N8O3. The van der Waals surface area contributed by atoms with Crippen LogP contribution in [0.1, 0.15) is 56.2 Å². The van der Waals surface area contributed by atoms with E-state index in [9.17, 15) is 18.8 Å². The summed E-state index contributed by atoms with van der Waals surface area (Å²) < 4.78 is 41.0. The summed E-state index contributed by atoms with van der Waals surface area (Å²) in [5, 5.41) is 16.5. The number of carbonyl (C=O) groups excluding carboxylic acids is 1. The summed E-state index contributed by atoms with van der Waals surface area (Å²) in [6.45, 7) is 5.91. The monoisotopic (exact) mass is 690 g/mol. The van der Waals surface area contributed by atoms with Crippen LogP contribution in [0.15, 0.2) is 36.8 Å². The normalized spacial score (nSPS) is 21.0. The van der Waals surface area contributed by atoms with Gasteiger partial charge >= 0.3 is 0 Å². The molecule has 1 saturated heterocycles. The van der Waals surface area contributed by atoms with Crippen molar-refractivity contribution in [3.8, 4) is 22.9 Å². The molecule has 2 aliphatic heterocycles. The Hall–Kier alpha value is -4.25. The average Bonchev–Trinajstić information content (AvgIpc) is 3.48. The van der Waals surface area contributed by atoms with E-state index in [1.807, 2.05) is 22.9 Å². The lowest BCUT2D eigenvalue weighted by Gasteiger charge is -2.47. The topological polar surface area (TPSA) is 122 Å². The largest absolute Gasteiger partial charge is 0.482 e. The van der Waals surface area contributed by atoms with Crippen LogP contribution in [0.5, 0.6) is 5.75 Å².